The van der Waals surface area contributed by atoms with Gasteiger partial charge in [-0.2, -0.15) is 4.99 Å². The van der Waals surface area contributed by atoms with E-state index >= 15 is 0 Å². The van der Waals surface area contributed by atoms with E-state index in [1.54, 1.807) is 31.4 Å². The highest BCUT2D eigenvalue weighted by molar-refractivity contribution is 8.13. The van der Waals surface area contributed by atoms with Crippen LogP contribution >= 0.6 is 11.8 Å². The average molecular weight is 268 g/mol. The van der Waals surface area contributed by atoms with Gasteiger partial charge in [-0.25, -0.2) is 0 Å². The first-order valence-corrected chi connectivity index (χ1v) is 6.14. The molecule has 0 heterocycles. The SMILES string of the molecule is COc1cccc(C(O)CSC(=N)N=C(N)N)c1. The Bertz CT molecular complexity index is 446. The molecule has 1 rings (SSSR count). The molecule has 0 saturated heterocycles. The maximum Gasteiger partial charge on any atom is 0.193 e. The number of ether oxygens (including phenoxy) is 1. The minimum absolute atomic E-state index is 0.0306. The van der Waals surface area contributed by atoms with Gasteiger partial charge in [0, 0.05) is 5.75 Å². The molecular formula is C11H16N4O2S. The molecule has 0 aliphatic carbocycles. The predicted octanol–water partition coefficient (Wildman–Crippen LogP) is 0.670. The van der Waals surface area contributed by atoms with Gasteiger partial charge in [0.1, 0.15) is 5.75 Å². The monoisotopic (exact) mass is 268 g/mol. The Hall–Kier alpha value is -1.73. The fourth-order valence-electron chi connectivity index (χ4n) is 1.25. The van der Waals surface area contributed by atoms with Crippen LogP contribution in [0.2, 0.25) is 0 Å². The molecule has 98 valence electrons. The fourth-order valence-corrected chi connectivity index (χ4v) is 1.93. The molecule has 7 heteroatoms. The molecular weight excluding hydrogens is 252 g/mol. The second-order valence-corrected chi connectivity index (χ2v) is 4.45. The molecule has 1 aromatic carbocycles. The molecule has 0 saturated carbocycles. The number of nitrogens with zero attached hydrogens (tertiary/aromatic N) is 1. The van der Waals surface area contributed by atoms with E-state index < -0.39 is 6.10 Å². The number of aliphatic imine (C=N–C) groups is 1. The zero-order valence-electron chi connectivity index (χ0n) is 9.96. The second kappa shape index (κ2) is 6.87. The van der Waals surface area contributed by atoms with E-state index in [1.807, 2.05) is 0 Å². The van der Waals surface area contributed by atoms with E-state index in [4.69, 9.17) is 21.6 Å². The third-order valence-electron chi connectivity index (χ3n) is 2.09. The van der Waals surface area contributed by atoms with Gasteiger partial charge < -0.3 is 21.3 Å². The van der Waals surface area contributed by atoms with Crippen LogP contribution in [-0.4, -0.2) is 29.1 Å². The molecule has 6 nitrogen and oxygen atoms in total. The normalized spacial score (nSPS) is 11.7. The number of nitrogens with one attached hydrogen (secondary N) is 1. The lowest BCUT2D eigenvalue weighted by Crippen LogP contribution is -2.23. The minimum atomic E-state index is -0.709. The van der Waals surface area contributed by atoms with Gasteiger partial charge in [0.05, 0.1) is 13.2 Å². The van der Waals surface area contributed by atoms with Crippen LogP contribution in [0.1, 0.15) is 11.7 Å². The summed E-state index contributed by atoms with van der Waals surface area (Å²) >= 11 is 1.07. The second-order valence-electron chi connectivity index (χ2n) is 3.45. The Morgan fingerprint density at radius 1 is 1.56 bits per heavy atom. The van der Waals surface area contributed by atoms with Gasteiger partial charge in [-0.3, -0.25) is 5.41 Å². The predicted molar refractivity (Wildman–Crippen MR) is 73.9 cm³/mol. The lowest BCUT2D eigenvalue weighted by atomic mass is 10.1. The number of thioether (sulfide) groups is 1. The number of nitrogens with two attached hydrogens (primary N) is 2. The van der Waals surface area contributed by atoms with Crippen LogP contribution < -0.4 is 16.2 Å². The molecule has 0 aliphatic heterocycles. The zero-order chi connectivity index (χ0) is 13.5. The molecule has 0 aliphatic rings. The summed E-state index contributed by atoms with van der Waals surface area (Å²) in [5.74, 6) is 0.808. The number of hydrogen-bond donors (Lipinski definition) is 4. The molecule has 0 radical (unpaired) electrons. The highest BCUT2D eigenvalue weighted by atomic mass is 32.2. The molecule has 0 aromatic heterocycles. The first-order valence-electron chi connectivity index (χ1n) is 5.16. The summed E-state index contributed by atoms with van der Waals surface area (Å²) in [7, 11) is 1.56. The molecule has 18 heavy (non-hydrogen) atoms. The van der Waals surface area contributed by atoms with Gasteiger partial charge in [-0.15, -0.1) is 0 Å². The number of methoxy groups -OCH3 is 1. The molecule has 1 aromatic rings. The number of amidine groups is 1. The van der Waals surface area contributed by atoms with Crippen LogP contribution in [0.5, 0.6) is 5.75 Å². The van der Waals surface area contributed by atoms with E-state index in [2.05, 4.69) is 4.99 Å². The largest absolute Gasteiger partial charge is 0.497 e. The molecule has 0 fully saturated rings. The Labute approximate surface area is 110 Å². The van der Waals surface area contributed by atoms with E-state index in [9.17, 15) is 5.11 Å². The molecule has 1 atom stereocenters. The zero-order valence-corrected chi connectivity index (χ0v) is 10.8. The van der Waals surface area contributed by atoms with Crippen molar-refractivity contribution >= 4 is 22.9 Å². The van der Waals surface area contributed by atoms with Gasteiger partial charge in [0.25, 0.3) is 0 Å². The van der Waals surface area contributed by atoms with Crippen molar-refractivity contribution in [3.63, 3.8) is 0 Å². The first kappa shape index (κ1) is 14.3. The maximum atomic E-state index is 9.94. The highest BCUT2D eigenvalue weighted by Crippen LogP contribution is 2.22. The Morgan fingerprint density at radius 2 is 2.28 bits per heavy atom. The van der Waals surface area contributed by atoms with Crippen molar-refractivity contribution in [2.75, 3.05) is 12.9 Å². The van der Waals surface area contributed by atoms with Crippen LogP contribution in [-0.2, 0) is 0 Å². The third-order valence-corrected chi connectivity index (χ3v) is 2.93. The Kier molecular flexibility index (Phi) is 5.47. The number of hydrogen-bond acceptors (Lipinski definition) is 4. The maximum absolute atomic E-state index is 9.94. The van der Waals surface area contributed by atoms with Crippen molar-refractivity contribution in [2.45, 2.75) is 6.10 Å². The van der Waals surface area contributed by atoms with Crippen molar-refractivity contribution in [1.29, 1.82) is 5.41 Å². The number of guanidine groups is 1. The average Bonchev–Trinajstić information content (AvgIpc) is 2.35. The first-order chi connectivity index (χ1) is 8.52. The fraction of sp³-hybridized carbons (Fsp3) is 0.273. The summed E-state index contributed by atoms with van der Waals surface area (Å²) in [6.07, 6.45) is -0.709. The quantitative estimate of drug-likeness (QED) is 0.473. The summed E-state index contributed by atoms with van der Waals surface area (Å²) in [4.78, 5) is 3.56. The third kappa shape index (κ3) is 4.64. The Balaban J connectivity index is 2.57. The van der Waals surface area contributed by atoms with Crippen molar-refractivity contribution in [2.24, 2.45) is 16.5 Å². The van der Waals surface area contributed by atoms with Crippen molar-refractivity contribution in [1.82, 2.24) is 0 Å². The Morgan fingerprint density at radius 3 is 2.89 bits per heavy atom. The van der Waals surface area contributed by atoms with Crippen LogP contribution in [0.15, 0.2) is 29.3 Å². The lowest BCUT2D eigenvalue weighted by Gasteiger charge is -2.11. The van der Waals surface area contributed by atoms with Crippen LogP contribution in [0, 0.1) is 5.41 Å². The van der Waals surface area contributed by atoms with Gasteiger partial charge >= 0.3 is 0 Å². The van der Waals surface area contributed by atoms with Crippen molar-refractivity contribution < 1.29 is 9.84 Å². The van der Waals surface area contributed by atoms with Crippen LogP contribution in [0.3, 0.4) is 0 Å². The number of aliphatic hydroxyl groups excluding tert-OH is 1. The van der Waals surface area contributed by atoms with Gasteiger partial charge in [0.15, 0.2) is 11.1 Å². The number of benzene rings is 1. The summed E-state index contributed by atoms with van der Waals surface area (Å²) in [5.41, 5.74) is 11.0. The highest BCUT2D eigenvalue weighted by Gasteiger charge is 2.10. The van der Waals surface area contributed by atoms with Gasteiger partial charge in [-0.05, 0) is 17.7 Å². The molecule has 1 unspecified atom stereocenters. The van der Waals surface area contributed by atoms with Crippen LogP contribution in [0.25, 0.3) is 0 Å². The molecule has 6 N–H and O–H groups in total. The molecule has 0 bridgehead atoms. The van der Waals surface area contributed by atoms with Crippen LogP contribution in [0.4, 0.5) is 0 Å². The van der Waals surface area contributed by atoms with E-state index in [0.717, 1.165) is 17.3 Å². The summed E-state index contributed by atoms with van der Waals surface area (Å²) in [6, 6.07) is 7.13. The standard InChI is InChI=1S/C11H16N4O2S/c1-17-8-4-2-3-7(5-8)9(16)6-18-11(14)15-10(12)13/h2-5,9,16H,6H2,1H3,(H5,12,13,14,15). The lowest BCUT2D eigenvalue weighted by molar-refractivity contribution is 0.204. The number of rotatable bonds is 4. The minimum Gasteiger partial charge on any atom is -0.497 e. The molecule has 0 spiro atoms. The van der Waals surface area contributed by atoms with Crippen molar-refractivity contribution in [3.05, 3.63) is 29.8 Å². The van der Waals surface area contributed by atoms with E-state index in [1.165, 1.54) is 0 Å². The number of aliphatic hydroxyl groups is 1. The van der Waals surface area contributed by atoms with Crippen molar-refractivity contribution in [3.8, 4) is 5.75 Å². The topological polar surface area (TPSA) is 118 Å². The van der Waals surface area contributed by atoms with E-state index in [-0.39, 0.29) is 11.1 Å². The van der Waals surface area contributed by atoms with E-state index in [0.29, 0.717) is 11.5 Å². The summed E-state index contributed by atoms with van der Waals surface area (Å²) in [6.45, 7) is 0. The smallest absolute Gasteiger partial charge is 0.193 e. The van der Waals surface area contributed by atoms with Gasteiger partial charge in [0.2, 0.25) is 0 Å². The summed E-state index contributed by atoms with van der Waals surface area (Å²) < 4.78 is 5.07. The summed E-state index contributed by atoms with van der Waals surface area (Å²) in [5, 5.41) is 17.3. The molecule has 0 amide bonds. The van der Waals surface area contributed by atoms with Gasteiger partial charge in [-0.1, -0.05) is 23.9 Å².